The maximum absolute atomic E-state index is 12.0. The molecule has 0 fully saturated rings. The quantitative estimate of drug-likeness (QED) is 0.938. The molecule has 0 unspecified atom stereocenters. The predicted molar refractivity (Wildman–Crippen MR) is 77.5 cm³/mol. The molecule has 4 nitrogen and oxygen atoms in total. The van der Waals surface area contributed by atoms with Crippen molar-refractivity contribution in [1.82, 2.24) is 4.98 Å². The zero-order valence-electron chi connectivity index (χ0n) is 10.4. The van der Waals surface area contributed by atoms with Crippen LogP contribution in [0.4, 0.5) is 5.69 Å². The largest absolute Gasteiger partial charge is 0.494 e. The highest BCUT2D eigenvalue weighted by atomic mass is 79.9. The number of hydrogen-bond acceptors (Lipinski definition) is 3. The van der Waals surface area contributed by atoms with Crippen LogP contribution in [0.3, 0.4) is 0 Å². The van der Waals surface area contributed by atoms with Gasteiger partial charge in [0.2, 0.25) is 0 Å². The molecule has 1 aromatic heterocycles. The molecule has 0 aliphatic carbocycles. The number of aromatic nitrogens is 1. The monoisotopic (exact) mass is 320 g/mol. The van der Waals surface area contributed by atoms with Crippen molar-refractivity contribution in [2.45, 2.75) is 6.92 Å². The van der Waals surface area contributed by atoms with Crippen molar-refractivity contribution in [2.24, 2.45) is 0 Å². The topological polar surface area (TPSA) is 51.2 Å². The minimum atomic E-state index is -0.171. The van der Waals surface area contributed by atoms with Gasteiger partial charge in [0.05, 0.1) is 16.8 Å². The SMILES string of the molecule is CCOc1ccc(C(=O)Nc2ccncc2Br)cc1. The van der Waals surface area contributed by atoms with Gasteiger partial charge in [-0.1, -0.05) is 0 Å². The van der Waals surface area contributed by atoms with E-state index >= 15 is 0 Å². The first-order valence-electron chi connectivity index (χ1n) is 5.84. The number of nitrogens with one attached hydrogen (secondary N) is 1. The van der Waals surface area contributed by atoms with Gasteiger partial charge in [-0.25, -0.2) is 0 Å². The number of halogens is 1. The Balaban J connectivity index is 2.10. The summed E-state index contributed by atoms with van der Waals surface area (Å²) >= 11 is 3.33. The molecule has 2 aromatic rings. The number of benzene rings is 1. The lowest BCUT2D eigenvalue weighted by atomic mass is 10.2. The molecule has 1 N–H and O–H groups in total. The highest BCUT2D eigenvalue weighted by Crippen LogP contribution is 2.21. The van der Waals surface area contributed by atoms with Gasteiger partial charge in [-0.2, -0.15) is 0 Å². The summed E-state index contributed by atoms with van der Waals surface area (Å²) < 4.78 is 6.08. The number of nitrogens with zero attached hydrogens (tertiary/aromatic N) is 1. The Kier molecular flexibility index (Phi) is 4.52. The van der Waals surface area contributed by atoms with Crippen LogP contribution in [0.1, 0.15) is 17.3 Å². The standard InChI is InChI=1S/C14H13BrN2O2/c1-2-19-11-5-3-10(4-6-11)14(18)17-13-7-8-16-9-12(13)15/h3-9H,2H2,1H3,(H,16,17,18). The Hall–Kier alpha value is -1.88. The van der Waals surface area contributed by atoms with E-state index in [1.54, 1.807) is 42.7 Å². The highest BCUT2D eigenvalue weighted by molar-refractivity contribution is 9.10. The average molecular weight is 321 g/mol. The van der Waals surface area contributed by atoms with E-state index in [4.69, 9.17) is 4.74 Å². The van der Waals surface area contributed by atoms with E-state index in [0.29, 0.717) is 17.9 Å². The fourth-order valence-corrected chi connectivity index (χ4v) is 1.89. The van der Waals surface area contributed by atoms with Crippen molar-refractivity contribution in [3.05, 3.63) is 52.8 Å². The Labute approximate surface area is 119 Å². The Morgan fingerprint density at radius 3 is 2.68 bits per heavy atom. The highest BCUT2D eigenvalue weighted by Gasteiger charge is 2.08. The number of anilines is 1. The average Bonchev–Trinajstić information content (AvgIpc) is 2.42. The van der Waals surface area contributed by atoms with Crippen LogP contribution in [-0.4, -0.2) is 17.5 Å². The molecule has 2 rings (SSSR count). The molecule has 0 atom stereocenters. The summed E-state index contributed by atoms with van der Waals surface area (Å²) in [5.41, 5.74) is 1.26. The summed E-state index contributed by atoms with van der Waals surface area (Å²) in [4.78, 5) is 16.0. The maximum atomic E-state index is 12.0. The molecule has 19 heavy (non-hydrogen) atoms. The van der Waals surface area contributed by atoms with E-state index in [9.17, 15) is 4.79 Å². The molecule has 0 saturated heterocycles. The van der Waals surface area contributed by atoms with Crippen LogP contribution in [0, 0.1) is 0 Å². The molecule has 0 aliphatic rings. The van der Waals surface area contributed by atoms with Crippen LogP contribution < -0.4 is 10.1 Å². The van der Waals surface area contributed by atoms with Crippen LogP contribution in [0.25, 0.3) is 0 Å². The number of rotatable bonds is 4. The summed E-state index contributed by atoms with van der Waals surface area (Å²) in [6.45, 7) is 2.52. The second-order valence-electron chi connectivity index (χ2n) is 3.77. The van der Waals surface area contributed by atoms with E-state index in [1.165, 1.54) is 0 Å². The van der Waals surface area contributed by atoms with Crippen molar-refractivity contribution in [1.29, 1.82) is 0 Å². The molecule has 0 spiro atoms. The van der Waals surface area contributed by atoms with E-state index in [0.717, 1.165) is 10.2 Å². The van der Waals surface area contributed by atoms with Gasteiger partial charge < -0.3 is 10.1 Å². The van der Waals surface area contributed by atoms with Crippen molar-refractivity contribution >= 4 is 27.5 Å². The van der Waals surface area contributed by atoms with Gasteiger partial charge in [-0.3, -0.25) is 9.78 Å². The third kappa shape index (κ3) is 3.54. The summed E-state index contributed by atoms with van der Waals surface area (Å²) in [5.74, 6) is 0.582. The van der Waals surface area contributed by atoms with Crippen molar-refractivity contribution < 1.29 is 9.53 Å². The molecule has 5 heteroatoms. The number of ether oxygens (including phenoxy) is 1. The molecule has 0 bridgehead atoms. The van der Waals surface area contributed by atoms with Crippen LogP contribution >= 0.6 is 15.9 Å². The van der Waals surface area contributed by atoms with E-state index in [-0.39, 0.29) is 5.91 Å². The van der Waals surface area contributed by atoms with Gasteiger partial charge in [0.1, 0.15) is 5.75 Å². The first-order chi connectivity index (χ1) is 9.20. The minimum Gasteiger partial charge on any atom is -0.494 e. The van der Waals surface area contributed by atoms with Crippen LogP contribution in [-0.2, 0) is 0 Å². The summed E-state index contributed by atoms with van der Waals surface area (Å²) in [5, 5.41) is 2.81. The van der Waals surface area contributed by atoms with Crippen molar-refractivity contribution in [3.63, 3.8) is 0 Å². The summed E-state index contributed by atoms with van der Waals surface area (Å²) in [7, 11) is 0. The second-order valence-corrected chi connectivity index (χ2v) is 4.62. The van der Waals surface area contributed by atoms with Crippen molar-refractivity contribution in [2.75, 3.05) is 11.9 Å². The van der Waals surface area contributed by atoms with Gasteiger partial charge >= 0.3 is 0 Å². The lowest BCUT2D eigenvalue weighted by Crippen LogP contribution is -2.12. The molecule has 0 radical (unpaired) electrons. The van der Waals surface area contributed by atoms with Gasteiger partial charge in [0.25, 0.3) is 5.91 Å². The minimum absolute atomic E-state index is 0.171. The smallest absolute Gasteiger partial charge is 0.255 e. The summed E-state index contributed by atoms with van der Waals surface area (Å²) in [6, 6.07) is 8.75. The fraction of sp³-hybridized carbons (Fsp3) is 0.143. The second kappa shape index (κ2) is 6.33. The fourth-order valence-electron chi connectivity index (χ4n) is 1.54. The third-order valence-electron chi connectivity index (χ3n) is 2.45. The van der Waals surface area contributed by atoms with Crippen LogP contribution in [0.15, 0.2) is 47.2 Å². The third-order valence-corrected chi connectivity index (χ3v) is 3.08. The zero-order valence-corrected chi connectivity index (χ0v) is 12.0. The number of hydrogen-bond donors (Lipinski definition) is 1. The van der Waals surface area contributed by atoms with Gasteiger partial charge in [0.15, 0.2) is 0 Å². The Bertz CT molecular complexity index is 570. The predicted octanol–water partition coefficient (Wildman–Crippen LogP) is 3.50. The zero-order chi connectivity index (χ0) is 13.7. The van der Waals surface area contributed by atoms with Crippen molar-refractivity contribution in [3.8, 4) is 5.75 Å². The van der Waals surface area contributed by atoms with E-state index < -0.39 is 0 Å². The number of carbonyl (C=O) groups excluding carboxylic acids is 1. The summed E-state index contributed by atoms with van der Waals surface area (Å²) in [6.07, 6.45) is 3.26. The van der Waals surface area contributed by atoms with Gasteiger partial charge in [0, 0.05) is 18.0 Å². The molecule has 0 saturated carbocycles. The molecule has 0 aliphatic heterocycles. The normalized spacial score (nSPS) is 10.0. The van der Waals surface area contributed by atoms with Crippen LogP contribution in [0.5, 0.6) is 5.75 Å². The lowest BCUT2D eigenvalue weighted by Gasteiger charge is -2.07. The van der Waals surface area contributed by atoms with Gasteiger partial charge in [-0.15, -0.1) is 0 Å². The number of pyridine rings is 1. The number of carbonyl (C=O) groups is 1. The lowest BCUT2D eigenvalue weighted by molar-refractivity contribution is 0.102. The van der Waals surface area contributed by atoms with E-state index in [2.05, 4.69) is 26.2 Å². The Morgan fingerprint density at radius 1 is 1.32 bits per heavy atom. The van der Waals surface area contributed by atoms with Gasteiger partial charge in [-0.05, 0) is 53.2 Å². The molecular weight excluding hydrogens is 308 g/mol. The van der Waals surface area contributed by atoms with Crippen LogP contribution in [0.2, 0.25) is 0 Å². The molecular formula is C14H13BrN2O2. The molecule has 1 heterocycles. The first-order valence-corrected chi connectivity index (χ1v) is 6.63. The van der Waals surface area contributed by atoms with E-state index in [1.807, 2.05) is 6.92 Å². The Morgan fingerprint density at radius 2 is 2.05 bits per heavy atom. The first kappa shape index (κ1) is 13.5. The molecule has 98 valence electrons. The molecule has 1 amide bonds. The number of amides is 1. The molecule has 1 aromatic carbocycles. The maximum Gasteiger partial charge on any atom is 0.255 e.